The van der Waals surface area contributed by atoms with Crippen molar-refractivity contribution in [1.82, 2.24) is 4.98 Å². The molecule has 88 valence electrons. The van der Waals surface area contributed by atoms with Gasteiger partial charge in [-0.3, -0.25) is 4.79 Å². The summed E-state index contributed by atoms with van der Waals surface area (Å²) in [6.07, 6.45) is 1.58. The zero-order chi connectivity index (χ0) is 12.3. The molecule has 0 amide bonds. The van der Waals surface area contributed by atoms with E-state index in [4.69, 9.17) is 11.6 Å². The Morgan fingerprint density at radius 1 is 1.35 bits per heavy atom. The Hall–Kier alpha value is -1.39. The first-order chi connectivity index (χ1) is 8.15. The van der Waals surface area contributed by atoms with Crippen LogP contribution in [0, 0.1) is 0 Å². The summed E-state index contributed by atoms with van der Waals surface area (Å²) in [7, 11) is 0. The molecule has 0 unspecified atom stereocenters. The summed E-state index contributed by atoms with van der Waals surface area (Å²) in [5.41, 5.74) is 0.616. The third-order valence-electron chi connectivity index (χ3n) is 2.15. The first kappa shape index (κ1) is 12.1. The van der Waals surface area contributed by atoms with E-state index < -0.39 is 5.56 Å². The highest BCUT2D eigenvalue weighted by Crippen LogP contribution is 2.24. The van der Waals surface area contributed by atoms with Gasteiger partial charge in [0.25, 0.3) is 5.56 Å². The van der Waals surface area contributed by atoms with E-state index in [1.54, 1.807) is 6.20 Å². The molecule has 0 aliphatic carbocycles. The van der Waals surface area contributed by atoms with E-state index in [1.165, 1.54) is 17.8 Å². The molecule has 0 spiro atoms. The van der Waals surface area contributed by atoms with Gasteiger partial charge in [-0.1, -0.05) is 23.7 Å². The molecule has 0 aliphatic heterocycles. The Bertz CT molecular complexity index is 583. The Morgan fingerprint density at radius 2 is 2.18 bits per heavy atom. The number of rotatable bonds is 3. The molecule has 0 radical (unpaired) electrons. The van der Waals surface area contributed by atoms with Crippen molar-refractivity contribution in [3.8, 4) is 5.75 Å². The van der Waals surface area contributed by atoms with Crippen molar-refractivity contribution in [1.29, 1.82) is 0 Å². The number of benzene rings is 1. The van der Waals surface area contributed by atoms with Crippen molar-refractivity contribution in [3.63, 3.8) is 0 Å². The molecule has 0 bridgehead atoms. The number of halogens is 1. The van der Waals surface area contributed by atoms with Crippen LogP contribution in [0.25, 0.3) is 0 Å². The van der Waals surface area contributed by atoms with E-state index in [9.17, 15) is 9.90 Å². The summed E-state index contributed by atoms with van der Waals surface area (Å²) in [4.78, 5) is 14.2. The summed E-state index contributed by atoms with van der Waals surface area (Å²) >= 11 is 7.39. The fourth-order valence-corrected chi connectivity index (χ4v) is 2.39. The zero-order valence-corrected chi connectivity index (χ0v) is 10.4. The van der Waals surface area contributed by atoms with Gasteiger partial charge in [0.05, 0.1) is 0 Å². The van der Waals surface area contributed by atoms with Crippen molar-refractivity contribution in [2.45, 2.75) is 10.6 Å². The van der Waals surface area contributed by atoms with Gasteiger partial charge in [0.15, 0.2) is 5.75 Å². The van der Waals surface area contributed by atoms with Crippen LogP contribution in [-0.2, 0) is 5.75 Å². The second-order valence-electron chi connectivity index (χ2n) is 3.47. The number of nitrogens with one attached hydrogen (secondary N) is 1. The highest BCUT2D eigenvalue weighted by Gasteiger charge is 2.01. The molecule has 5 heteroatoms. The maximum Gasteiger partial charge on any atom is 0.290 e. The summed E-state index contributed by atoms with van der Waals surface area (Å²) in [6.45, 7) is 0. The van der Waals surface area contributed by atoms with Crippen LogP contribution in [0.5, 0.6) is 5.75 Å². The van der Waals surface area contributed by atoms with Gasteiger partial charge < -0.3 is 10.1 Å². The number of hydrogen-bond acceptors (Lipinski definition) is 3. The molecule has 1 aromatic carbocycles. The van der Waals surface area contributed by atoms with Gasteiger partial charge >= 0.3 is 0 Å². The highest BCUT2D eigenvalue weighted by molar-refractivity contribution is 7.98. The molecule has 0 atom stereocenters. The molecule has 1 aromatic heterocycles. The zero-order valence-electron chi connectivity index (χ0n) is 8.81. The topological polar surface area (TPSA) is 53.1 Å². The fraction of sp³-hybridized carbons (Fsp3) is 0.0833. The molecule has 2 rings (SSSR count). The molecular weight excluding hydrogens is 258 g/mol. The van der Waals surface area contributed by atoms with Gasteiger partial charge in [-0.25, -0.2) is 0 Å². The van der Waals surface area contributed by atoms with Crippen molar-refractivity contribution in [2.24, 2.45) is 0 Å². The molecule has 3 nitrogen and oxygen atoms in total. The van der Waals surface area contributed by atoms with Crippen molar-refractivity contribution < 1.29 is 5.11 Å². The Kier molecular flexibility index (Phi) is 3.76. The Morgan fingerprint density at radius 3 is 2.88 bits per heavy atom. The van der Waals surface area contributed by atoms with Gasteiger partial charge in [0, 0.05) is 27.9 Å². The second-order valence-corrected chi connectivity index (χ2v) is 4.95. The highest BCUT2D eigenvalue weighted by atomic mass is 35.5. The normalized spacial score (nSPS) is 10.4. The lowest BCUT2D eigenvalue weighted by Crippen LogP contribution is -2.03. The lowest BCUT2D eigenvalue weighted by atomic mass is 10.2. The van der Waals surface area contributed by atoms with Crippen LogP contribution in [0.3, 0.4) is 0 Å². The van der Waals surface area contributed by atoms with Gasteiger partial charge in [0.2, 0.25) is 0 Å². The Balaban J connectivity index is 2.07. The molecule has 1 heterocycles. The molecule has 0 saturated carbocycles. The monoisotopic (exact) mass is 267 g/mol. The van der Waals surface area contributed by atoms with Crippen LogP contribution < -0.4 is 5.56 Å². The van der Waals surface area contributed by atoms with Crippen molar-refractivity contribution in [2.75, 3.05) is 0 Å². The first-order valence-electron chi connectivity index (χ1n) is 4.94. The predicted octanol–water partition coefficient (Wildman–Crippen LogP) is 3.03. The number of aromatic nitrogens is 1. The molecule has 0 fully saturated rings. The van der Waals surface area contributed by atoms with E-state index in [0.29, 0.717) is 5.02 Å². The number of H-pyrrole nitrogens is 1. The van der Waals surface area contributed by atoms with Crippen molar-refractivity contribution in [3.05, 3.63) is 57.5 Å². The van der Waals surface area contributed by atoms with E-state index >= 15 is 0 Å². The van der Waals surface area contributed by atoms with Crippen LogP contribution in [0.4, 0.5) is 0 Å². The van der Waals surface area contributed by atoms with Gasteiger partial charge in [-0.05, 0) is 17.7 Å². The molecular formula is C12H10ClNO2S. The van der Waals surface area contributed by atoms with E-state index in [0.717, 1.165) is 16.2 Å². The second kappa shape index (κ2) is 5.29. The van der Waals surface area contributed by atoms with Crippen LogP contribution in [-0.4, -0.2) is 10.1 Å². The summed E-state index contributed by atoms with van der Waals surface area (Å²) in [5.74, 6) is 0.465. The van der Waals surface area contributed by atoms with Crippen LogP contribution in [0.2, 0.25) is 5.02 Å². The maximum atomic E-state index is 11.0. The lowest BCUT2D eigenvalue weighted by molar-refractivity contribution is 0.464. The summed E-state index contributed by atoms with van der Waals surface area (Å²) < 4.78 is 0. The minimum absolute atomic E-state index is 0.263. The maximum absolute atomic E-state index is 11.0. The molecule has 2 N–H and O–H groups in total. The number of thioether (sulfide) groups is 1. The molecule has 17 heavy (non-hydrogen) atoms. The number of aromatic amines is 1. The third kappa shape index (κ3) is 3.28. The average Bonchev–Trinajstić information content (AvgIpc) is 2.31. The van der Waals surface area contributed by atoms with Gasteiger partial charge in [0.1, 0.15) is 0 Å². The number of aromatic hydroxyl groups is 1. The van der Waals surface area contributed by atoms with Crippen LogP contribution in [0.15, 0.2) is 46.2 Å². The predicted molar refractivity (Wildman–Crippen MR) is 69.7 cm³/mol. The molecule has 2 aromatic rings. The van der Waals surface area contributed by atoms with Crippen molar-refractivity contribution >= 4 is 23.4 Å². The Labute approximate surface area is 107 Å². The molecule has 0 saturated heterocycles. The molecule has 0 aliphatic rings. The van der Waals surface area contributed by atoms with E-state index in [-0.39, 0.29) is 5.75 Å². The van der Waals surface area contributed by atoms with Crippen LogP contribution in [0.1, 0.15) is 5.56 Å². The average molecular weight is 268 g/mol. The quantitative estimate of drug-likeness (QED) is 0.841. The van der Waals surface area contributed by atoms with Gasteiger partial charge in [-0.15, -0.1) is 11.8 Å². The lowest BCUT2D eigenvalue weighted by Gasteiger charge is -2.02. The SMILES string of the molecule is O=c1[nH]cc(SCc2cccc(Cl)c2)cc1O. The number of hydrogen-bond donors (Lipinski definition) is 2. The largest absolute Gasteiger partial charge is 0.503 e. The minimum Gasteiger partial charge on any atom is -0.503 e. The standard InChI is InChI=1S/C12H10ClNO2S/c13-9-3-1-2-8(4-9)7-17-10-5-11(15)12(16)14-6-10/h1-6,15H,7H2,(H,14,16). The number of pyridine rings is 1. The summed E-state index contributed by atoms with van der Waals surface area (Å²) in [6, 6.07) is 9.03. The summed E-state index contributed by atoms with van der Waals surface area (Å²) in [5, 5.41) is 9.96. The first-order valence-corrected chi connectivity index (χ1v) is 6.30. The smallest absolute Gasteiger partial charge is 0.290 e. The minimum atomic E-state index is -0.475. The van der Waals surface area contributed by atoms with Crippen LogP contribution >= 0.6 is 23.4 Å². The fourth-order valence-electron chi connectivity index (χ4n) is 1.33. The third-order valence-corrected chi connectivity index (χ3v) is 3.43. The van der Waals surface area contributed by atoms with Gasteiger partial charge in [-0.2, -0.15) is 0 Å². The van der Waals surface area contributed by atoms with E-state index in [2.05, 4.69) is 4.98 Å². The van der Waals surface area contributed by atoms with E-state index in [1.807, 2.05) is 24.3 Å².